The van der Waals surface area contributed by atoms with Crippen molar-refractivity contribution >= 4 is 23.2 Å². The minimum Gasteiger partial charge on any atom is -0.507 e. The average Bonchev–Trinajstić information content (AvgIpc) is 3.29. The molecule has 0 aliphatic carbocycles. The Morgan fingerprint density at radius 2 is 1.74 bits per heavy atom. The van der Waals surface area contributed by atoms with Crippen molar-refractivity contribution in [1.29, 1.82) is 0 Å². The first-order valence-corrected chi connectivity index (χ1v) is 11.0. The molecule has 0 aromatic heterocycles. The van der Waals surface area contributed by atoms with E-state index in [0.717, 1.165) is 35.3 Å². The predicted molar refractivity (Wildman–Crippen MR) is 123 cm³/mol. The highest BCUT2D eigenvalue weighted by molar-refractivity contribution is 5.98. The minimum absolute atomic E-state index is 0.104. The first-order valence-electron chi connectivity index (χ1n) is 11.0. The Morgan fingerprint density at radius 3 is 2.42 bits per heavy atom. The summed E-state index contributed by atoms with van der Waals surface area (Å²) in [5.74, 6) is -0.0505. The Balaban J connectivity index is 1.60. The van der Waals surface area contributed by atoms with Crippen LogP contribution in [0.4, 0.5) is 11.4 Å². The molecule has 0 radical (unpaired) electrons. The second-order valence-corrected chi connectivity index (χ2v) is 8.84. The smallest absolute Gasteiger partial charge is 0.247 e. The molecule has 2 aliphatic rings. The summed E-state index contributed by atoms with van der Waals surface area (Å²) in [6.45, 7) is 9.64. The van der Waals surface area contributed by atoms with Crippen LogP contribution in [0.2, 0.25) is 0 Å². The van der Waals surface area contributed by atoms with Crippen LogP contribution in [0.3, 0.4) is 0 Å². The van der Waals surface area contributed by atoms with Crippen molar-refractivity contribution in [3.63, 3.8) is 0 Å². The Kier molecular flexibility index (Phi) is 5.65. The summed E-state index contributed by atoms with van der Waals surface area (Å²) < 4.78 is 0. The number of carbonyl (C=O) groups excluding carboxylic acids is 2. The molecule has 6 nitrogen and oxygen atoms in total. The molecule has 1 atom stereocenters. The number of amides is 2. The fraction of sp³-hybridized carbons (Fsp3) is 0.440. The zero-order valence-corrected chi connectivity index (χ0v) is 18.8. The van der Waals surface area contributed by atoms with Crippen molar-refractivity contribution < 1.29 is 14.7 Å². The molecule has 1 saturated heterocycles. The van der Waals surface area contributed by atoms with Crippen molar-refractivity contribution in [3.05, 3.63) is 52.1 Å². The number of nitrogens with one attached hydrogen (secondary N) is 1. The van der Waals surface area contributed by atoms with Gasteiger partial charge in [-0.3, -0.25) is 9.59 Å². The first kappa shape index (κ1) is 21.2. The van der Waals surface area contributed by atoms with Crippen LogP contribution < -0.4 is 10.2 Å². The molecule has 2 N–H and O–H groups in total. The van der Waals surface area contributed by atoms with Crippen LogP contribution in [0.1, 0.15) is 47.6 Å². The Bertz CT molecular complexity index is 1040. The minimum atomic E-state index is -0.559. The van der Waals surface area contributed by atoms with Gasteiger partial charge in [0.25, 0.3) is 0 Å². The van der Waals surface area contributed by atoms with Crippen LogP contribution in [0.15, 0.2) is 24.3 Å². The van der Waals surface area contributed by atoms with Gasteiger partial charge in [-0.2, -0.15) is 0 Å². The largest absolute Gasteiger partial charge is 0.507 e. The van der Waals surface area contributed by atoms with E-state index in [0.29, 0.717) is 24.2 Å². The van der Waals surface area contributed by atoms with E-state index in [9.17, 15) is 14.7 Å². The quantitative estimate of drug-likeness (QED) is 0.739. The van der Waals surface area contributed by atoms with Gasteiger partial charge in [-0.05, 0) is 79.6 Å². The molecule has 31 heavy (non-hydrogen) atoms. The molecule has 1 fully saturated rings. The fourth-order valence-corrected chi connectivity index (χ4v) is 4.72. The average molecular weight is 422 g/mol. The van der Waals surface area contributed by atoms with Crippen LogP contribution in [-0.2, 0) is 22.6 Å². The van der Waals surface area contributed by atoms with E-state index in [2.05, 4.69) is 28.4 Å². The van der Waals surface area contributed by atoms with Crippen molar-refractivity contribution in [2.75, 3.05) is 23.3 Å². The van der Waals surface area contributed by atoms with E-state index in [-0.39, 0.29) is 17.6 Å². The maximum absolute atomic E-state index is 13.3. The van der Waals surface area contributed by atoms with Gasteiger partial charge in [-0.1, -0.05) is 6.07 Å². The van der Waals surface area contributed by atoms with Crippen molar-refractivity contribution in [1.82, 2.24) is 4.90 Å². The number of anilines is 2. The summed E-state index contributed by atoms with van der Waals surface area (Å²) in [5.41, 5.74) is 6.42. The van der Waals surface area contributed by atoms with Crippen molar-refractivity contribution in [2.45, 2.75) is 59.5 Å². The van der Waals surface area contributed by atoms with Gasteiger partial charge >= 0.3 is 0 Å². The molecular formula is C25H31N3O3. The van der Waals surface area contributed by atoms with Gasteiger partial charge < -0.3 is 20.2 Å². The van der Waals surface area contributed by atoms with Gasteiger partial charge in [0.2, 0.25) is 11.8 Å². The molecule has 2 aliphatic heterocycles. The highest BCUT2D eigenvalue weighted by Crippen LogP contribution is 2.32. The van der Waals surface area contributed by atoms with Crippen LogP contribution >= 0.6 is 0 Å². The highest BCUT2D eigenvalue weighted by Gasteiger charge is 2.34. The maximum Gasteiger partial charge on any atom is 0.247 e. The van der Waals surface area contributed by atoms with Crippen LogP contribution in [0.25, 0.3) is 0 Å². The molecule has 2 heterocycles. The van der Waals surface area contributed by atoms with Gasteiger partial charge in [0, 0.05) is 44.4 Å². The normalized spacial score (nSPS) is 18.1. The van der Waals surface area contributed by atoms with Crippen molar-refractivity contribution in [3.8, 4) is 5.75 Å². The van der Waals surface area contributed by atoms with E-state index in [1.54, 1.807) is 11.0 Å². The summed E-state index contributed by atoms with van der Waals surface area (Å²) >= 11 is 0. The van der Waals surface area contributed by atoms with Crippen LogP contribution in [-0.4, -0.2) is 41.0 Å². The molecule has 2 aromatic rings. The van der Waals surface area contributed by atoms with E-state index in [1.807, 2.05) is 20.8 Å². The van der Waals surface area contributed by atoms with Gasteiger partial charge in [-0.25, -0.2) is 0 Å². The van der Waals surface area contributed by atoms with Crippen LogP contribution in [0.5, 0.6) is 5.75 Å². The number of hydrogen-bond donors (Lipinski definition) is 2. The molecule has 4 rings (SSSR count). The summed E-state index contributed by atoms with van der Waals surface area (Å²) in [6.07, 6.45) is 2.93. The zero-order valence-electron chi connectivity index (χ0n) is 18.8. The Morgan fingerprint density at radius 1 is 1.03 bits per heavy atom. The van der Waals surface area contributed by atoms with E-state index < -0.39 is 6.04 Å². The number of aromatic hydroxyl groups is 1. The summed E-state index contributed by atoms with van der Waals surface area (Å²) in [5, 5.41) is 13.2. The standard InChI is InChI=1S/C25H31N3O3/c1-15-11-22(16(2)17(3)24(15)30)26-25(31)23-13-19-7-8-21(27-9-5-6-10-27)12-20(19)14-28(23)18(4)29/h7-8,11-12,23,30H,5-6,9-10,13-14H2,1-4H3,(H,26,31)/t23-/m0/s1. The number of aryl methyl sites for hydroxylation is 1. The van der Waals surface area contributed by atoms with E-state index in [4.69, 9.17) is 0 Å². The monoisotopic (exact) mass is 421 g/mol. The second-order valence-electron chi connectivity index (χ2n) is 8.84. The molecule has 0 bridgehead atoms. The third-order valence-electron chi connectivity index (χ3n) is 6.81. The summed E-state index contributed by atoms with van der Waals surface area (Å²) in [4.78, 5) is 29.7. The molecular weight excluding hydrogens is 390 g/mol. The third kappa shape index (κ3) is 3.99. The lowest BCUT2D eigenvalue weighted by Crippen LogP contribution is -2.50. The highest BCUT2D eigenvalue weighted by atomic mass is 16.3. The van der Waals surface area contributed by atoms with E-state index in [1.165, 1.54) is 25.5 Å². The molecule has 0 saturated carbocycles. The lowest BCUT2D eigenvalue weighted by molar-refractivity contribution is -0.138. The lowest BCUT2D eigenvalue weighted by atomic mass is 9.92. The zero-order chi connectivity index (χ0) is 22.3. The molecule has 164 valence electrons. The van der Waals surface area contributed by atoms with Gasteiger partial charge in [-0.15, -0.1) is 0 Å². The van der Waals surface area contributed by atoms with E-state index >= 15 is 0 Å². The number of phenolic OH excluding ortho intramolecular Hbond substituents is 1. The topological polar surface area (TPSA) is 72.9 Å². The summed E-state index contributed by atoms with van der Waals surface area (Å²) in [7, 11) is 0. The number of carbonyl (C=O) groups is 2. The SMILES string of the molecule is CC(=O)N1Cc2cc(N3CCCC3)ccc2C[C@H]1C(=O)Nc1cc(C)c(O)c(C)c1C. The number of fused-ring (bicyclic) bond motifs is 1. The third-order valence-corrected chi connectivity index (χ3v) is 6.81. The second kappa shape index (κ2) is 8.25. The number of phenols is 1. The summed E-state index contributed by atoms with van der Waals surface area (Å²) in [6, 6.07) is 7.66. The molecule has 6 heteroatoms. The van der Waals surface area contributed by atoms with Gasteiger partial charge in [0.1, 0.15) is 11.8 Å². The molecule has 2 amide bonds. The maximum atomic E-state index is 13.3. The predicted octanol–water partition coefficient (Wildman–Crippen LogP) is 3.83. The number of rotatable bonds is 3. The van der Waals surface area contributed by atoms with Crippen molar-refractivity contribution in [2.24, 2.45) is 0 Å². The Labute approximate surface area is 183 Å². The lowest BCUT2D eigenvalue weighted by Gasteiger charge is -2.36. The number of nitrogens with zero attached hydrogens (tertiary/aromatic N) is 2. The number of hydrogen-bond acceptors (Lipinski definition) is 4. The fourth-order valence-electron chi connectivity index (χ4n) is 4.72. The molecule has 0 spiro atoms. The molecule has 2 aromatic carbocycles. The Hall–Kier alpha value is -3.02. The van der Waals surface area contributed by atoms with Gasteiger partial charge in [0.15, 0.2) is 0 Å². The number of benzene rings is 2. The van der Waals surface area contributed by atoms with Crippen LogP contribution in [0, 0.1) is 20.8 Å². The van der Waals surface area contributed by atoms with Gasteiger partial charge in [0.05, 0.1) is 0 Å². The molecule has 0 unspecified atom stereocenters. The first-order chi connectivity index (χ1) is 14.8.